The zero-order valence-electron chi connectivity index (χ0n) is 15.8. The van der Waals surface area contributed by atoms with Crippen molar-refractivity contribution in [2.45, 2.75) is 11.8 Å². The molecule has 0 heterocycles. The van der Waals surface area contributed by atoms with E-state index in [-0.39, 0.29) is 16.5 Å². The van der Waals surface area contributed by atoms with E-state index in [4.69, 9.17) is 16.3 Å². The van der Waals surface area contributed by atoms with Crippen molar-refractivity contribution >= 4 is 38.9 Å². The molecule has 1 amide bonds. The Morgan fingerprint density at radius 1 is 0.966 bits per heavy atom. The number of rotatable bonds is 6. The van der Waals surface area contributed by atoms with Gasteiger partial charge in [0.2, 0.25) is 0 Å². The van der Waals surface area contributed by atoms with Crippen LogP contribution in [-0.4, -0.2) is 21.4 Å². The van der Waals surface area contributed by atoms with Crippen LogP contribution in [0.3, 0.4) is 0 Å². The van der Waals surface area contributed by atoms with Crippen molar-refractivity contribution in [2.24, 2.45) is 0 Å². The molecule has 3 aromatic carbocycles. The van der Waals surface area contributed by atoms with Crippen molar-refractivity contribution < 1.29 is 17.9 Å². The van der Waals surface area contributed by atoms with Gasteiger partial charge in [-0.05, 0) is 55.0 Å². The fourth-order valence-electron chi connectivity index (χ4n) is 2.66. The van der Waals surface area contributed by atoms with Crippen LogP contribution in [0.25, 0.3) is 0 Å². The minimum Gasteiger partial charge on any atom is -0.495 e. The van der Waals surface area contributed by atoms with E-state index in [9.17, 15) is 13.2 Å². The molecule has 0 atom stereocenters. The van der Waals surface area contributed by atoms with Crippen molar-refractivity contribution in [2.75, 3.05) is 17.1 Å². The summed E-state index contributed by atoms with van der Waals surface area (Å²) < 4.78 is 33.5. The summed E-state index contributed by atoms with van der Waals surface area (Å²) in [5.41, 5.74) is 1.68. The summed E-state index contributed by atoms with van der Waals surface area (Å²) in [5, 5.41) is 3.15. The Bertz CT molecular complexity index is 1150. The van der Waals surface area contributed by atoms with Gasteiger partial charge in [-0.15, -0.1) is 0 Å². The molecule has 150 valence electrons. The van der Waals surface area contributed by atoms with Gasteiger partial charge in [-0.25, -0.2) is 8.42 Å². The molecular formula is C21H19ClN2O4S. The minimum absolute atomic E-state index is 0.0268. The van der Waals surface area contributed by atoms with E-state index in [1.165, 1.54) is 25.3 Å². The third kappa shape index (κ3) is 4.70. The van der Waals surface area contributed by atoms with Gasteiger partial charge in [0.15, 0.2) is 0 Å². The maximum Gasteiger partial charge on any atom is 0.261 e. The number of carbonyl (C=O) groups excluding carboxylic acids is 1. The third-order valence-electron chi connectivity index (χ3n) is 4.28. The molecule has 8 heteroatoms. The van der Waals surface area contributed by atoms with Crippen LogP contribution in [0.5, 0.6) is 5.75 Å². The van der Waals surface area contributed by atoms with E-state index < -0.39 is 10.0 Å². The maximum atomic E-state index is 12.9. The first-order valence-corrected chi connectivity index (χ1v) is 10.5. The Morgan fingerprint density at radius 3 is 2.38 bits per heavy atom. The standard InChI is InChI=1S/C21H19ClN2O4S/c1-14-17(22)9-6-10-18(14)24-29(26,27)16-11-12-20(28-2)19(13-16)23-21(25)15-7-4-3-5-8-15/h3-13,24H,1-2H3,(H,23,25). The van der Waals surface area contributed by atoms with E-state index in [1.54, 1.807) is 55.5 Å². The van der Waals surface area contributed by atoms with Gasteiger partial charge in [0.1, 0.15) is 5.75 Å². The molecule has 2 N–H and O–H groups in total. The van der Waals surface area contributed by atoms with Gasteiger partial charge >= 0.3 is 0 Å². The van der Waals surface area contributed by atoms with Gasteiger partial charge < -0.3 is 10.1 Å². The number of hydrogen-bond acceptors (Lipinski definition) is 4. The topological polar surface area (TPSA) is 84.5 Å². The number of nitrogens with one attached hydrogen (secondary N) is 2. The van der Waals surface area contributed by atoms with E-state index in [0.717, 1.165) is 0 Å². The van der Waals surface area contributed by atoms with E-state index in [0.29, 0.717) is 27.6 Å². The number of amides is 1. The highest BCUT2D eigenvalue weighted by molar-refractivity contribution is 7.92. The van der Waals surface area contributed by atoms with Gasteiger partial charge in [-0.2, -0.15) is 0 Å². The first-order valence-electron chi connectivity index (χ1n) is 8.64. The first-order chi connectivity index (χ1) is 13.8. The number of ether oxygens (including phenoxy) is 1. The van der Waals surface area contributed by atoms with Crippen LogP contribution in [0.4, 0.5) is 11.4 Å². The van der Waals surface area contributed by atoms with Crippen LogP contribution in [0, 0.1) is 6.92 Å². The summed E-state index contributed by atoms with van der Waals surface area (Å²) in [6, 6.07) is 17.8. The van der Waals surface area contributed by atoms with Gasteiger partial charge in [-0.3, -0.25) is 9.52 Å². The van der Waals surface area contributed by atoms with Crippen molar-refractivity contribution in [3.63, 3.8) is 0 Å². The van der Waals surface area contributed by atoms with E-state index in [2.05, 4.69) is 10.0 Å². The Balaban J connectivity index is 1.93. The van der Waals surface area contributed by atoms with E-state index in [1.807, 2.05) is 0 Å². The molecule has 0 bridgehead atoms. The second-order valence-corrected chi connectivity index (χ2v) is 8.29. The number of benzene rings is 3. The predicted molar refractivity (Wildman–Crippen MR) is 114 cm³/mol. The Kier molecular flexibility index (Phi) is 6.10. The lowest BCUT2D eigenvalue weighted by Crippen LogP contribution is -2.16. The molecule has 0 aliphatic heterocycles. The third-order valence-corrected chi connectivity index (χ3v) is 6.05. The second kappa shape index (κ2) is 8.55. The Morgan fingerprint density at radius 2 is 1.69 bits per heavy atom. The molecule has 0 saturated carbocycles. The minimum atomic E-state index is -3.92. The maximum absolute atomic E-state index is 12.9. The fraction of sp³-hybridized carbons (Fsp3) is 0.0952. The lowest BCUT2D eigenvalue weighted by Gasteiger charge is -2.14. The van der Waals surface area contributed by atoms with Gasteiger partial charge in [0, 0.05) is 10.6 Å². The summed E-state index contributed by atoms with van der Waals surface area (Å²) in [5.74, 6) is -0.0377. The van der Waals surface area contributed by atoms with Crippen LogP contribution in [0.2, 0.25) is 5.02 Å². The fourth-order valence-corrected chi connectivity index (χ4v) is 3.98. The van der Waals surface area contributed by atoms with Crippen molar-refractivity contribution in [1.82, 2.24) is 0 Å². The summed E-state index contributed by atoms with van der Waals surface area (Å²) in [6.45, 7) is 1.72. The normalized spacial score (nSPS) is 11.0. The number of halogens is 1. The molecule has 0 unspecified atom stereocenters. The lowest BCUT2D eigenvalue weighted by molar-refractivity contribution is 0.102. The molecule has 3 rings (SSSR count). The number of sulfonamides is 1. The van der Waals surface area contributed by atoms with Crippen LogP contribution >= 0.6 is 11.6 Å². The van der Waals surface area contributed by atoms with Gasteiger partial charge in [0.25, 0.3) is 15.9 Å². The number of carbonyl (C=O) groups is 1. The largest absolute Gasteiger partial charge is 0.495 e. The summed E-state index contributed by atoms with van der Waals surface area (Å²) >= 11 is 6.07. The molecule has 29 heavy (non-hydrogen) atoms. The zero-order chi connectivity index (χ0) is 21.0. The van der Waals surface area contributed by atoms with Crippen LogP contribution in [0.1, 0.15) is 15.9 Å². The molecule has 0 aromatic heterocycles. The summed E-state index contributed by atoms with van der Waals surface area (Å²) in [7, 11) is -2.48. The molecule has 0 aliphatic rings. The highest BCUT2D eigenvalue weighted by Gasteiger charge is 2.19. The second-order valence-electron chi connectivity index (χ2n) is 6.20. The SMILES string of the molecule is COc1ccc(S(=O)(=O)Nc2cccc(Cl)c2C)cc1NC(=O)c1ccccc1. The highest BCUT2D eigenvalue weighted by Crippen LogP contribution is 2.30. The quantitative estimate of drug-likeness (QED) is 0.593. The smallest absolute Gasteiger partial charge is 0.261 e. The monoisotopic (exact) mass is 430 g/mol. The first kappa shape index (κ1) is 20.7. The molecule has 0 radical (unpaired) electrons. The molecule has 0 spiro atoms. The van der Waals surface area contributed by atoms with Crippen LogP contribution in [0.15, 0.2) is 71.6 Å². The number of methoxy groups -OCH3 is 1. The molecule has 0 fully saturated rings. The van der Waals surface area contributed by atoms with Gasteiger partial charge in [-0.1, -0.05) is 35.9 Å². The molecule has 3 aromatic rings. The summed E-state index contributed by atoms with van der Waals surface area (Å²) in [6.07, 6.45) is 0. The van der Waals surface area contributed by atoms with Crippen molar-refractivity contribution in [1.29, 1.82) is 0 Å². The lowest BCUT2D eigenvalue weighted by atomic mass is 10.2. The highest BCUT2D eigenvalue weighted by atomic mass is 35.5. The average Bonchev–Trinajstić information content (AvgIpc) is 2.72. The van der Waals surface area contributed by atoms with Crippen LogP contribution < -0.4 is 14.8 Å². The molecular weight excluding hydrogens is 412 g/mol. The van der Waals surface area contributed by atoms with Crippen molar-refractivity contribution in [3.8, 4) is 5.75 Å². The number of anilines is 2. The molecule has 0 aliphatic carbocycles. The Labute approximate surface area is 174 Å². The molecule has 0 saturated heterocycles. The summed E-state index contributed by atoms with van der Waals surface area (Å²) in [4.78, 5) is 12.4. The van der Waals surface area contributed by atoms with Gasteiger partial charge in [0.05, 0.1) is 23.4 Å². The molecule has 6 nitrogen and oxygen atoms in total. The van der Waals surface area contributed by atoms with E-state index >= 15 is 0 Å². The number of hydrogen-bond donors (Lipinski definition) is 2. The predicted octanol–water partition coefficient (Wildman–Crippen LogP) is 4.71. The van der Waals surface area contributed by atoms with Crippen molar-refractivity contribution in [3.05, 3.63) is 82.9 Å². The zero-order valence-corrected chi connectivity index (χ0v) is 17.3. The van der Waals surface area contributed by atoms with Crippen LogP contribution in [-0.2, 0) is 10.0 Å². The average molecular weight is 431 g/mol. The Hall–Kier alpha value is -3.03.